The SMILES string of the molecule is CC(=O)NC1[C@H](OC/C=N/OCCO/N=C/CO[C@H]2OC(COSOO[O-])[C@@H](OS(=O)(=O)[O-])C(O[C@H]3OC(C(=O)[O-])[C@H](C)C(O)C3O)C2C)OC(COS(=O)(=O)[O-])[C@H](OS(=O)(=O)[O-])[C@@H]1O[C@@H]1OC(C(=O)[O-])[C@@H](O)[C@H](O)C1O. The lowest BCUT2D eigenvalue weighted by Gasteiger charge is -2.48. The molecule has 4 rings (SSSR count). The van der Waals surface area contributed by atoms with Crippen LogP contribution in [0.1, 0.15) is 20.8 Å². The number of aliphatic hydroxyl groups excluding tert-OH is 5. The summed E-state index contributed by atoms with van der Waals surface area (Å²) in [4.78, 5) is 45.7. The summed E-state index contributed by atoms with van der Waals surface area (Å²) in [5, 5.41) is 98.2. The molecule has 20 atom stereocenters. The highest BCUT2D eigenvalue weighted by molar-refractivity contribution is 7.89. The standard InChI is InChI=1S/C34H55N3O36S4/c1-12-18(39)21(42)33(67-24(12)29(44)45)66-23-13(2)31(64-15(10-62-74-73-72-48)25(23)70-76(52,53)54)58-6-4-35-60-8-9-61-36-5-7-59-32-17(37-14(3)38)27(68-34-22(43)19(40)20(41)28(69-34)30(46)47)26(71-77(55,56)57)16(65-32)11-63-75(49,50)51/h4-5,12-13,15-28,31-34,39-43,48H,6-11H2,1-3H3,(H,37,38)(H,44,45)(H,46,47)(H,49,50,51)(H,52,53,54)(H,55,56,57)/p-6/b35-4+,36-5+/t12-,13?,15?,16?,17?,18?,19+,20+,21?,22?,23?,24?,25-,26+,27-,28?,31+,32-,33+,34-/m1/s1. The Morgan fingerprint density at radius 1 is 0.623 bits per heavy atom. The fourth-order valence-corrected chi connectivity index (χ4v) is 9.11. The maximum atomic E-state index is 12.4. The minimum Gasteiger partial charge on any atom is -0.726 e. The van der Waals surface area contributed by atoms with Crippen LogP contribution in [0, 0.1) is 11.8 Å². The Hall–Kier alpha value is -3.37. The zero-order valence-corrected chi connectivity index (χ0v) is 42.6. The van der Waals surface area contributed by atoms with Crippen LogP contribution in [0.25, 0.3) is 0 Å². The van der Waals surface area contributed by atoms with Gasteiger partial charge in [-0.3, -0.25) is 26.6 Å². The molecule has 4 saturated heterocycles. The number of rotatable bonds is 30. The molecule has 4 fully saturated rings. The van der Waals surface area contributed by atoms with Gasteiger partial charge >= 0.3 is 0 Å². The highest BCUT2D eigenvalue weighted by Gasteiger charge is 2.55. The van der Waals surface area contributed by atoms with Crippen LogP contribution in [-0.2, 0) is 119 Å². The van der Waals surface area contributed by atoms with E-state index in [-0.39, 0.29) is 25.5 Å². The van der Waals surface area contributed by atoms with Gasteiger partial charge in [-0.25, -0.2) is 25.3 Å². The molecule has 0 radical (unpaired) electrons. The summed E-state index contributed by atoms with van der Waals surface area (Å²) in [6.45, 7) is -0.682. The summed E-state index contributed by atoms with van der Waals surface area (Å²) >= 11 is -0.0615. The number of amides is 1. The van der Waals surface area contributed by atoms with Gasteiger partial charge in [0.15, 0.2) is 50.7 Å². The summed E-state index contributed by atoms with van der Waals surface area (Å²) in [7, 11) is -17.1. The van der Waals surface area contributed by atoms with E-state index in [2.05, 4.69) is 37.5 Å². The second kappa shape index (κ2) is 29.9. The van der Waals surface area contributed by atoms with Gasteiger partial charge in [-0.05, 0) is 0 Å². The molecule has 0 aromatic carbocycles. The maximum Gasteiger partial charge on any atom is 0.218 e. The van der Waals surface area contributed by atoms with Crippen molar-refractivity contribution in [1.82, 2.24) is 5.32 Å². The fourth-order valence-electron chi connectivity index (χ4n) is 7.55. The lowest BCUT2D eigenvalue weighted by molar-refractivity contribution is -0.777. The second-order valence-electron chi connectivity index (χ2n) is 16.2. The predicted molar refractivity (Wildman–Crippen MR) is 222 cm³/mol. The number of oxime groups is 2. The molecular formula is C34H49N3O36S4-6. The zero-order valence-electron chi connectivity index (χ0n) is 39.4. The van der Waals surface area contributed by atoms with E-state index in [1.807, 2.05) is 0 Å². The number of carboxylic acid groups (broad SMARTS) is 2. The number of carbonyl (C=O) groups is 3. The molecule has 77 heavy (non-hydrogen) atoms. The summed E-state index contributed by atoms with van der Waals surface area (Å²) in [5.41, 5.74) is 0. The number of nitrogens with zero attached hydrogens (tertiary/aromatic N) is 2. The average Bonchev–Trinajstić information content (AvgIpc) is 3.32. The van der Waals surface area contributed by atoms with Gasteiger partial charge in [0.05, 0.1) is 63.0 Å². The first-order valence-corrected chi connectivity index (χ1v) is 26.3. The molecule has 0 bridgehead atoms. The number of aliphatic carboxylic acids is 2. The molecule has 4 aliphatic heterocycles. The molecule has 0 aromatic rings. The summed E-state index contributed by atoms with van der Waals surface area (Å²) in [6.07, 6.45) is -33.3. The second-order valence-corrected chi connectivity index (χ2v) is 19.8. The highest BCUT2D eigenvalue weighted by atomic mass is 32.3. The van der Waals surface area contributed by atoms with Gasteiger partial charge in [-0.15, -0.1) is 4.33 Å². The Morgan fingerprint density at radius 3 is 1.64 bits per heavy atom. The molecule has 4 aliphatic rings. The van der Waals surface area contributed by atoms with Crippen LogP contribution in [0.3, 0.4) is 0 Å². The molecule has 0 aromatic heterocycles. The molecule has 0 spiro atoms. The van der Waals surface area contributed by atoms with Crippen LogP contribution < -0.4 is 20.8 Å². The van der Waals surface area contributed by atoms with E-state index in [1.54, 1.807) is 0 Å². The molecule has 1 amide bonds. The van der Waals surface area contributed by atoms with E-state index in [4.69, 9.17) is 51.8 Å². The van der Waals surface area contributed by atoms with Crippen molar-refractivity contribution in [2.75, 3.05) is 39.6 Å². The van der Waals surface area contributed by atoms with E-state index in [0.717, 1.165) is 19.4 Å². The first-order chi connectivity index (χ1) is 35.9. The average molecular weight is 1200 g/mol. The molecule has 0 aliphatic carbocycles. The smallest absolute Gasteiger partial charge is 0.218 e. The molecule has 446 valence electrons. The van der Waals surface area contributed by atoms with E-state index < -0.39 is 198 Å². The van der Waals surface area contributed by atoms with Gasteiger partial charge in [0.1, 0.15) is 73.2 Å². The third-order valence-electron chi connectivity index (χ3n) is 10.9. The lowest BCUT2D eigenvalue weighted by atomic mass is 9.89. The third kappa shape index (κ3) is 20.3. The minimum absolute atomic E-state index is 0.0615. The van der Waals surface area contributed by atoms with E-state index in [9.17, 15) is 94.3 Å². The van der Waals surface area contributed by atoms with Crippen LogP contribution >= 0.6 is 12.3 Å². The van der Waals surface area contributed by atoms with Crippen molar-refractivity contribution in [3.05, 3.63) is 0 Å². The van der Waals surface area contributed by atoms with Crippen LogP contribution in [0.5, 0.6) is 0 Å². The summed E-state index contributed by atoms with van der Waals surface area (Å²) in [5.74, 6) is -7.38. The van der Waals surface area contributed by atoms with Crippen molar-refractivity contribution in [2.45, 2.75) is 131 Å². The van der Waals surface area contributed by atoms with E-state index >= 15 is 0 Å². The number of carbonyl (C=O) groups excluding carboxylic acids is 3. The van der Waals surface area contributed by atoms with Crippen molar-refractivity contribution >= 4 is 73.8 Å². The first-order valence-electron chi connectivity index (χ1n) is 21.6. The maximum absolute atomic E-state index is 12.4. The van der Waals surface area contributed by atoms with Crippen LogP contribution in [0.2, 0.25) is 0 Å². The molecule has 0 saturated carbocycles. The van der Waals surface area contributed by atoms with Gasteiger partial charge in [0.25, 0.3) is 0 Å². The number of aliphatic hydroxyl groups is 5. The number of hydrogen-bond acceptors (Lipinski definition) is 39. The van der Waals surface area contributed by atoms with E-state index in [1.165, 1.54) is 13.8 Å². The highest BCUT2D eigenvalue weighted by Crippen LogP contribution is 2.37. The summed E-state index contributed by atoms with van der Waals surface area (Å²) < 4.78 is 171. The number of ether oxygens (including phenoxy) is 8. The van der Waals surface area contributed by atoms with Crippen molar-refractivity contribution in [2.24, 2.45) is 22.1 Å². The Bertz CT molecular complexity index is 2300. The first kappa shape index (κ1) is 66.1. The third-order valence-corrected chi connectivity index (χ3v) is 12.6. The lowest BCUT2D eigenvalue weighted by Crippen LogP contribution is -2.69. The minimum atomic E-state index is -5.87. The quantitative estimate of drug-likeness (QED) is 0.00740. The monoisotopic (exact) mass is 1200 g/mol. The van der Waals surface area contributed by atoms with Crippen molar-refractivity contribution < 1.29 is 168 Å². The topological polar surface area (TPSA) is 578 Å². The largest absolute Gasteiger partial charge is 0.726 e. The van der Waals surface area contributed by atoms with E-state index in [0.29, 0.717) is 0 Å². The van der Waals surface area contributed by atoms with Gasteiger partial charge in [-0.2, -0.15) is 0 Å². The molecule has 6 N–H and O–H groups in total. The molecular weight excluding hydrogens is 1150 g/mol. The predicted octanol–water partition coefficient (Wildman–Crippen LogP) is -11.3. The fraction of sp³-hybridized carbons (Fsp3) is 0.853. The Kier molecular flexibility index (Phi) is 25.7. The van der Waals surface area contributed by atoms with Gasteiger partial charge < -0.3 is 117 Å². The molecule has 39 nitrogen and oxygen atoms in total. The normalized spacial score (nSPS) is 36.4. The van der Waals surface area contributed by atoms with Crippen LogP contribution in [0.15, 0.2) is 10.3 Å². The van der Waals surface area contributed by atoms with Crippen molar-refractivity contribution in [3.63, 3.8) is 0 Å². The molecule has 10 unspecified atom stereocenters. The van der Waals surface area contributed by atoms with Gasteiger partial charge in [-0.1, -0.05) is 24.2 Å². The Balaban J connectivity index is 1.39. The molecule has 4 heterocycles. The van der Waals surface area contributed by atoms with Gasteiger partial charge in [0.2, 0.25) is 37.1 Å². The Morgan fingerprint density at radius 2 is 1.12 bits per heavy atom. The zero-order chi connectivity index (χ0) is 57.6. The van der Waals surface area contributed by atoms with Crippen molar-refractivity contribution in [3.8, 4) is 0 Å². The van der Waals surface area contributed by atoms with Crippen molar-refractivity contribution in [1.29, 1.82) is 0 Å². The molecule has 43 heteroatoms. The van der Waals surface area contributed by atoms with Crippen LogP contribution in [0.4, 0.5) is 0 Å². The van der Waals surface area contributed by atoms with Gasteiger partial charge in [0, 0.05) is 18.8 Å². The summed E-state index contributed by atoms with van der Waals surface area (Å²) in [6, 6.07) is -1.92. The number of nitrogens with one attached hydrogen (secondary N) is 1. The van der Waals surface area contributed by atoms with Crippen LogP contribution in [-0.4, -0.2) is 245 Å². The number of hydrogen-bond donors (Lipinski definition) is 6. The number of carboxylic acids is 2. The Labute approximate surface area is 439 Å².